The Hall–Kier alpha value is -2.67. The number of halogens is 1. The first kappa shape index (κ1) is 15.2. The quantitative estimate of drug-likeness (QED) is 0.692. The van der Waals surface area contributed by atoms with Crippen molar-refractivity contribution < 1.29 is 14.1 Å². The van der Waals surface area contributed by atoms with E-state index < -0.39 is 4.92 Å². The van der Waals surface area contributed by atoms with Crippen molar-refractivity contribution in [3.63, 3.8) is 0 Å². The van der Waals surface area contributed by atoms with Crippen molar-refractivity contribution in [1.82, 2.24) is 0 Å². The zero-order chi connectivity index (χ0) is 16.2. The van der Waals surface area contributed by atoms with Crippen molar-refractivity contribution in [2.75, 3.05) is 36.5 Å². The van der Waals surface area contributed by atoms with Gasteiger partial charge in [0.25, 0.3) is 5.69 Å². The molecule has 120 valence electrons. The van der Waals surface area contributed by atoms with Gasteiger partial charge in [-0.15, -0.1) is 0 Å². The summed E-state index contributed by atoms with van der Waals surface area (Å²) in [6.07, 6.45) is 0. The number of nitro groups is 1. The van der Waals surface area contributed by atoms with Gasteiger partial charge in [0.2, 0.25) is 0 Å². The topological polar surface area (TPSA) is 67.6 Å². The smallest absolute Gasteiger partial charge is 0.269 e. The molecule has 2 aromatic carbocycles. The van der Waals surface area contributed by atoms with E-state index in [1.165, 1.54) is 18.2 Å². The van der Waals surface area contributed by atoms with Crippen LogP contribution >= 0.6 is 0 Å². The van der Waals surface area contributed by atoms with Gasteiger partial charge in [0.1, 0.15) is 5.82 Å². The lowest BCUT2D eigenvalue weighted by Crippen LogP contribution is -2.36. The molecule has 0 spiro atoms. The van der Waals surface area contributed by atoms with Crippen LogP contribution in [0, 0.1) is 15.9 Å². The van der Waals surface area contributed by atoms with Crippen molar-refractivity contribution in [3.05, 3.63) is 58.4 Å². The van der Waals surface area contributed by atoms with E-state index in [0.29, 0.717) is 43.4 Å². The molecule has 0 unspecified atom stereocenters. The Kier molecular flexibility index (Phi) is 4.38. The predicted molar refractivity (Wildman–Crippen MR) is 85.8 cm³/mol. The number of anilines is 3. The van der Waals surface area contributed by atoms with Crippen molar-refractivity contribution in [3.8, 4) is 0 Å². The van der Waals surface area contributed by atoms with Crippen LogP contribution in [0.15, 0.2) is 42.5 Å². The molecule has 23 heavy (non-hydrogen) atoms. The number of non-ortho nitro benzene ring substituents is 1. The standard InChI is InChI=1S/C16H16FN3O3/c17-15-11-13(3-6-16(15)19-7-9-23-10-8-19)18-12-1-4-14(5-2-12)20(21)22/h1-6,11,18H,7-10H2. The largest absolute Gasteiger partial charge is 0.378 e. The van der Waals surface area contributed by atoms with Gasteiger partial charge in [0.05, 0.1) is 23.8 Å². The number of nitro benzene ring substituents is 1. The fraction of sp³-hybridized carbons (Fsp3) is 0.250. The maximum absolute atomic E-state index is 14.3. The predicted octanol–water partition coefficient (Wildman–Crippen LogP) is 3.31. The van der Waals surface area contributed by atoms with Gasteiger partial charge in [0.15, 0.2) is 0 Å². The number of ether oxygens (including phenoxy) is 1. The third kappa shape index (κ3) is 3.57. The highest BCUT2D eigenvalue weighted by Gasteiger charge is 2.15. The van der Waals surface area contributed by atoms with E-state index in [0.717, 1.165) is 0 Å². The van der Waals surface area contributed by atoms with Crippen LogP contribution in [0.2, 0.25) is 0 Å². The first-order valence-electron chi connectivity index (χ1n) is 7.27. The van der Waals surface area contributed by atoms with Crippen LogP contribution in [0.1, 0.15) is 0 Å². The van der Waals surface area contributed by atoms with Gasteiger partial charge in [-0.05, 0) is 30.3 Å². The second kappa shape index (κ2) is 6.62. The van der Waals surface area contributed by atoms with Crippen LogP contribution in [0.5, 0.6) is 0 Å². The van der Waals surface area contributed by atoms with Gasteiger partial charge in [0, 0.05) is 36.6 Å². The summed E-state index contributed by atoms with van der Waals surface area (Å²) in [6.45, 7) is 2.54. The molecule has 1 N–H and O–H groups in total. The van der Waals surface area contributed by atoms with Gasteiger partial charge in [-0.1, -0.05) is 0 Å². The van der Waals surface area contributed by atoms with Gasteiger partial charge in [-0.3, -0.25) is 10.1 Å². The third-order valence-electron chi connectivity index (χ3n) is 3.67. The molecule has 1 fully saturated rings. The first-order valence-corrected chi connectivity index (χ1v) is 7.27. The van der Waals surface area contributed by atoms with Crippen LogP contribution in [-0.2, 0) is 4.74 Å². The molecule has 0 amide bonds. The van der Waals surface area contributed by atoms with Gasteiger partial charge in [-0.2, -0.15) is 0 Å². The van der Waals surface area contributed by atoms with Gasteiger partial charge >= 0.3 is 0 Å². The maximum atomic E-state index is 14.3. The van der Waals surface area contributed by atoms with Crippen LogP contribution in [0.3, 0.4) is 0 Å². The lowest BCUT2D eigenvalue weighted by molar-refractivity contribution is -0.384. The summed E-state index contributed by atoms with van der Waals surface area (Å²) in [4.78, 5) is 12.1. The number of rotatable bonds is 4. The Balaban J connectivity index is 1.73. The molecule has 0 saturated carbocycles. The minimum absolute atomic E-state index is 0.0180. The average molecular weight is 317 g/mol. The number of nitrogens with one attached hydrogen (secondary N) is 1. The molecule has 1 aliphatic rings. The van der Waals surface area contributed by atoms with Crippen LogP contribution in [0.4, 0.5) is 27.1 Å². The molecular weight excluding hydrogens is 301 g/mol. The summed E-state index contributed by atoms with van der Waals surface area (Å²) in [5.41, 5.74) is 1.83. The van der Waals surface area contributed by atoms with E-state index in [4.69, 9.17) is 4.74 Å². The molecule has 0 bridgehead atoms. The van der Waals surface area contributed by atoms with Crippen molar-refractivity contribution in [2.24, 2.45) is 0 Å². The molecule has 0 aliphatic carbocycles. The first-order chi connectivity index (χ1) is 11.1. The Labute approximate surface area is 132 Å². The van der Waals surface area contributed by atoms with E-state index in [2.05, 4.69) is 5.32 Å². The summed E-state index contributed by atoms with van der Waals surface area (Å²) >= 11 is 0. The Morgan fingerprint density at radius 1 is 1.09 bits per heavy atom. The number of hydrogen-bond donors (Lipinski definition) is 1. The summed E-state index contributed by atoms with van der Waals surface area (Å²) in [5, 5.41) is 13.7. The third-order valence-corrected chi connectivity index (χ3v) is 3.67. The van der Waals surface area contributed by atoms with E-state index in [1.807, 2.05) is 4.90 Å². The normalized spacial score (nSPS) is 14.6. The zero-order valence-electron chi connectivity index (χ0n) is 12.4. The lowest BCUT2D eigenvalue weighted by Gasteiger charge is -2.29. The molecule has 6 nitrogen and oxygen atoms in total. The molecule has 0 radical (unpaired) electrons. The second-order valence-electron chi connectivity index (χ2n) is 5.19. The van der Waals surface area contributed by atoms with Crippen molar-refractivity contribution in [2.45, 2.75) is 0 Å². The Morgan fingerprint density at radius 3 is 2.35 bits per heavy atom. The molecular formula is C16H16FN3O3. The molecule has 1 heterocycles. The zero-order valence-corrected chi connectivity index (χ0v) is 12.4. The van der Waals surface area contributed by atoms with Gasteiger partial charge in [-0.25, -0.2) is 4.39 Å². The van der Waals surface area contributed by atoms with Crippen LogP contribution in [-0.4, -0.2) is 31.2 Å². The SMILES string of the molecule is O=[N+]([O-])c1ccc(Nc2ccc(N3CCOCC3)c(F)c2)cc1. The molecule has 2 aromatic rings. The fourth-order valence-corrected chi connectivity index (χ4v) is 2.48. The molecule has 0 aromatic heterocycles. The average Bonchev–Trinajstić information content (AvgIpc) is 2.56. The number of benzene rings is 2. The molecule has 7 heteroatoms. The second-order valence-corrected chi connectivity index (χ2v) is 5.19. The Bertz CT molecular complexity index is 700. The molecule has 0 atom stereocenters. The number of morpholine rings is 1. The summed E-state index contributed by atoms with van der Waals surface area (Å²) in [6, 6.07) is 10.9. The lowest BCUT2D eigenvalue weighted by atomic mass is 10.2. The molecule has 1 aliphatic heterocycles. The van der Waals surface area contributed by atoms with Crippen molar-refractivity contribution >= 4 is 22.7 Å². The highest BCUT2D eigenvalue weighted by atomic mass is 19.1. The minimum atomic E-state index is -0.458. The molecule has 1 saturated heterocycles. The van der Waals surface area contributed by atoms with E-state index >= 15 is 0 Å². The summed E-state index contributed by atoms with van der Waals surface area (Å²) in [7, 11) is 0. The highest BCUT2D eigenvalue weighted by molar-refractivity contribution is 5.64. The van der Waals surface area contributed by atoms with Crippen molar-refractivity contribution in [1.29, 1.82) is 0 Å². The van der Waals surface area contributed by atoms with Crippen LogP contribution < -0.4 is 10.2 Å². The highest BCUT2D eigenvalue weighted by Crippen LogP contribution is 2.26. The van der Waals surface area contributed by atoms with Gasteiger partial charge < -0.3 is 15.0 Å². The Morgan fingerprint density at radius 2 is 1.74 bits per heavy atom. The van der Waals surface area contributed by atoms with E-state index in [1.54, 1.807) is 24.3 Å². The summed E-state index contributed by atoms with van der Waals surface area (Å²) in [5.74, 6) is -0.307. The summed E-state index contributed by atoms with van der Waals surface area (Å²) < 4.78 is 19.6. The van der Waals surface area contributed by atoms with Crippen LogP contribution in [0.25, 0.3) is 0 Å². The number of nitrogens with zero attached hydrogens (tertiary/aromatic N) is 2. The van der Waals surface area contributed by atoms with E-state index in [-0.39, 0.29) is 11.5 Å². The van der Waals surface area contributed by atoms with E-state index in [9.17, 15) is 14.5 Å². The fourth-order valence-electron chi connectivity index (χ4n) is 2.48. The maximum Gasteiger partial charge on any atom is 0.269 e. The monoisotopic (exact) mass is 317 g/mol. The minimum Gasteiger partial charge on any atom is -0.378 e. The number of hydrogen-bond acceptors (Lipinski definition) is 5. The molecule has 3 rings (SSSR count).